The summed E-state index contributed by atoms with van der Waals surface area (Å²) < 4.78 is 11.1. The summed E-state index contributed by atoms with van der Waals surface area (Å²) in [6.45, 7) is 1.50. The van der Waals surface area contributed by atoms with E-state index in [0.717, 1.165) is 48.8 Å². The third kappa shape index (κ3) is 2.77. The van der Waals surface area contributed by atoms with Crippen molar-refractivity contribution in [1.82, 2.24) is 5.32 Å². The number of nitrogens with one attached hydrogen (secondary N) is 1. The number of fused-ring (bicyclic) bond motifs is 1. The third-order valence-electron chi connectivity index (χ3n) is 7.09. The lowest BCUT2D eigenvalue weighted by Crippen LogP contribution is -2.62. The molecule has 1 aromatic carbocycles. The predicted octanol–water partition coefficient (Wildman–Crippen LogP) is 2.30. The van der Waals surface area contributed by atoms with Crippen LogP contribution in [0.2, 0.25) is 0 Å². The van der Waals surface area contributed by atoms with Crippen LogP contribution in [0.4, 0.5) is 0 Å². The molecule has 0 atom stereocenters. The Hall–Kier alpha value is -1.75. The van der Waals surface area contributed by atoms with Gasteiger partial charge in [-0.3, -0.25) is 4.79 Å². The number of hydrogen-bond acceptors (Lipinski definition) is 4. The van der Waals surface area contributed by atoms with Crippen LogP contribution >= 0.6 is 0 Å². The van der Waals surface area contributed by atoms with E-state index in [9.17, 15) is 9.90 Å². The molecule has 5 nitrogen and oxygen atoms in total. The Balaban J connectivity index is 1.21. The smallest absolute Gasteiger partial charge is 0.224 e. The second kappa shape index (κ2) is 6.15. The molecule has 26 heavy (non-hydrogen) atoms. The summed E-state index contributed by atoms with van der Waals surface area (Å²) in [5.41, 5.74) is 0.208. The molecule has 5 heteroatoms. The van der Waals surface area contributed by atoms with Gasteiger partial charge in [-0.05, 0) is 73.5 Å². The largest absolute Gasteiger partial charge is 0.486 e. The molecule has 6 rings (SSSR count). The first-order valence-corrected chi connectivity index (χ1v) is 9.98. The van der Waals surface area contributed by atoms with Gasteiger partial charge in [-0.25, -0.2) is 0 Å². The molecule has 1 aromatic rings. The van der Waals surface area contributed by atoms with Crippen LogP contribution in [-0.4, -0.2) is 36.4 Å². The lowest BCUT2D eigenvalue weighted by atomic mass is 9.50. The fourth-order valence-electron chi connectivity index (χ4n) is 5.97. The maximum absolute atomic E-state index is 12.5. The molecule has 1 amide bonds. The molecule has 4 aliphatic carbocycles. The molecule has 0 unspecified atom stereocenters. The molecule has 0 aromatic heterocycles. The molecule has 4 bridgehead atoms. The molecule has 0 spiro atoms. The first-order valence-electron chi connectivity index (χ1n) is 9.98. The van der Waals surface area contributed by atoms with Crippen molar-refractivity contribution in [3.05, 3.63) is 23.8 Å². The Morgan fingerprint density at radius 2 is 1.69 bits per heavy atom. The van der Waals surface area contributed by atoms with Crippen LogP contribution in [0.3, 0.4) is 0 Å². The molecule has 2 N–H and O–H groups in total. The van der Waals surface area contributed by atoms with Gasteiger partial charge in [-0.1, -0.05) is 6.07 Å². The van der Waals surface area contributed by atoms with E-state index >= 15 is 0 Å². The van der Waals surface area contributed by atoms with E-state index in [4.69, 9.17) is 9.47 Å². The van der Waals surface area contributed by atoms with Gasteiger partial charge in [-0.15, -0.1) is 0 Å². The van der Waals surface area contributed by atoms with Crippen LogP contribution in [0, 0.1) is 23.7 Å². The van der Waals surface area contributed by atoms with Gasteiger partial charge in [0.25, 0.3) is 0 Å². The highest BCUT2D eigenvalue weighted by Crippen LogP contribution is 2.58. The average Bonchev–Trinajstić information content (AvgIpc) is 2.64. The first kappa shape index (κ1) is 16.4. The normalized spacial score (nSPS) is 36.8. The lowest BCUT2D eigenvalue weighted by molar-refractivity contribution is -0.171. The van der Waals surface area contributed by atoms with Crippen LogP contribution < -0.4 is 14.8 Å². The van der Waals surface area contributed by atoms with E-state index in [1.54, 1.807) is 0 Å². The van der Waals surface area contributed by atoms with Crippen LogP contribution in [0.5, 0.6) is 11.5 Å². The van der Waals surface area contributed by atoms with E-state index in [1.165, 1.54) is 6.42 Å². The molecule has 0 saturated heterocycles. The van der Waals surface area contributed by atoms with Crippen molar-refractivity contribution in [2.75, 3.05) is 19.8 Å². The fraction of sp³-hybridized carbons (Fsp3) is 0.667. The van der Waals surface area contributed by atoms with Gasteiger partial charge in [0.2, 0.25) is 5.91 Å². The third-order valence-corrected chi connectivity index (χ3v) is 7.09. The quantitative estimate of drug-likeness (QED) is 0.868. The number of rotatable bonds is 4. The SMILES string of the molecule is O=C(Cc1ccc2c(c1)OCCO2)NCC1(O)C2CC3CC(C2)CC1C3. The zero-order valence-corrected chi connectivity index (χ0v) is 15.1. The molecule has 4 saturated carbocycles. The first-order chi connectivity index (χ1) is 12.6. The van der Waals surface area contributed by atoms with Crippen LogP contribution in [0.25, 0.3) is 0 Å². The second-order valence-corrected chi connectivity index (χ2v) is 8.73. The minimum absolute atomic E-state index is 0.0380. The van der Waals surface area contributed by atoms with E-state index < -0.39 is 5.60 Å². The Morgan fingerprint density at radius 3 is 2.38 bits per heavy atom. The minimum atomic E-state index is -0.699. The summed E-state index contributed by atoms with van der Waals surface area (Å²) in [5, 5.41) is 14.3. The zero-order valence-electron chi connectivity index (χ0n) is 15.1. The van der Waals surface area contributed by atoms with Crippen LogP contribution in [0.1, 0.15) is 37.7 Å². The standard InChI is InChI=1S/C21H27NO4/c23-20(11-13-1-2-18-19(10-13)26-4-3-25-18)22-12-21(24)16-6-14-5-15(8-16)9-17(21)7-14/h1-2,10,14-17,24H,3-9,11-12H2,(H,22,23). The number of hydrogen-bond donors (Lipinski definition) is 2. The van der Waals surface area contributed by atoms with Gasteiger partial charge in [-0.2, -0.15) is 0 Å². The number of carbonyl (C=O) groups is 1. The maximum atomic E-state index is 12.5. The van der Waals surface area contributed by atoms with Crippen molar-refractivity contribution in [3.63, 3.8) is 0 Å². The van der Waals surface area contributed by atoms with Crippen LogP contribution in [-0.2, 0) is 11.2 Å². The Morgan fingerprint density at radius 1 is 1.04 bits per heavy atom. The fourth-order valence-corrected chi connectivity index (χ4v) is 5.97. The highest BCUT2D eigenvalue weighted by atomic mass is 16.6. The van der Waals surface area contributed by atoms with Gasteiger partial charge in [0.05, 0.1) is 12.0 Å². The van der Waals surface area contributed by atoms with E-state index in [-0.39, 0.29) is 5.91 Å². The second-order valence-electron chi connectivity index (χ2n) is 8.73. The van der Waals surface area contributed by atoms with Crippen molar-refractivity contribution in [2.24, 2.45) is 23.7 Å². The van der Waals surface area contributed by atoms with Gasteiger partial charge >= 0.3 is 0 Å². The number of benzene rings is 1. The van der Waals surface area contributed by atoms with Crippen molar-refractivity contribution < 1.29 is 19.4 Å². The molecule has 4 fully saturated rings. The highest BCUT2D eigenvalue weighted by Gasteiger charge is 2.56. The molecule has 140 valence electrons. The number of aliphatic hydroxyl groups is 1. The topological polar surface area (TPSA) is 67.8 Å². The van der Waals surface area contributed by atoms with Gasteiger partial charge in [0.15, 0.2) is 11.5 Å². The maximum Gasteiger partial charge on any atom is 0.224 e. The van der Waals surface area contributed by atoms with Gasteiger partial charge < -0.3 is 19.9 Å². The highest BCUT2D eigenvalue weighted by molar-refractivity contribution is 5.78. The van der Waals surface area contributed by atoms with Crippen molar-refractivity contribution >= 4 is 5.91 Å². The Labute approximate surface area is 154 Å². The molecular formula is C21H27NO4. The molecular weight excluding hydrogens is 330 g/mol. The summed E-state index contributed by atoms with van der Waals surface area (Å²) >= 11 is 0. The summed E-state index contributed by atoms with van der Waals surface area (Å²) in [7, 11) is 0. The summed E-state index contributed by atoms with van der Waals surface area (Å²) in [6, 6.07) is 5.65. The van der Waals surface area contributed by atoms with Crippen molar-refractivity contribution in [3.8, 4) is 11.5 Å². The molecule has 1 aliphatic heterocycles. The number of carbonyl (C=O) groups excluding carboxylic acids is 1. The number of amides is 1. The number of ether oxygens (including phenoxy) is 2. The van der Waals surface area contributed by atoms with E-state index in [1.807, 2.05) is 18.2 Å². The molecule has 0 radical (unpaired) electrons. The summed E-state index contributed by atoms with van der Waals surface area (Å²) in [6.07, 6.45) is 6.22. The predicted molar refractivity (Wildman–Crippen MR) is 96.1 cm³/mol. The average molecular weight is 357 g/mol. The van der Waals surface area contributed by atoms with Crippen molar-refractivity contribution in [2.45, 2.75) is 44.1 Å². The van der Waals surface area contributed by atoms with E-state index in [0.29, 0.717) is 43.8 Å². The lowest BCUT2D eigenvalue weighted by Gasteiger charge is -2.58. The minimum Gasteiger partial charge on any atom is -0.486 e. The zero-order chi connectivity index (χ0) is 17.7. The molecule has 1 heterocycles. The molecule has 5 aliphatic rings. The van der Waals surface area contributed by atoms with E-state index in [2.05, 4.69) is 5.32 Å². The van der Waals surface area contributed by atoms with Crippen LogP contribution in [0.15, 0.2) is 18.2 Å². The summed E-state index contributed by atoms with van der Waals surface area (Å²) in [5.74, 6) is 3.77. The van der Waals surface area contributed by atoms with Gasteiger partial charge in [0.1, 0.15) is 13.2 Å². The Bertz CT molecular complexity index is 688. The Kier molecular flexibility index (Phi) is 3.89. The van der Waals surface area contributed by atoms with Gasteiger partial charge in [0, 0.05) is 6.54 Å². The van der Waals surface area contributed by atoms with Crippen molar-refractivity contribution in [1.29, 1.82) is 0 Å². The summed E-state index contributed by atoms with van der Waals surface area (Å²) in [4.78, 5) is 12.5. The monoisotopic (exact) mass is 357 g/mol.